The summed E-state index contributed by atoms with van der Waals surface area (Å²) in [5.74, 6) is 0.172. The molecule has 0 fully saturated rings. The molecule has 2 unspecified atom stereocenters. The molecule has 1 aromatic rings. The van der Waals surface area contributed by atoms with E-state index in [2.05, 4.69) is 5.32 Å². The topological polar surface area (TPSA) is 55.1 Å². The van der Waals surface area contributed by atoms with Crippen LogP contribution in [0.1, 0.15) is 51.6 Å². The first-order valence-electron chi connectivity index (χ1n) is 7.11. The Balaban J connectivity index is 2.37. The van der Waals surface area contributed by atoms with E-state index < -0.39 is 0 Å². The molecule has 3 atom stereocenters. The summed E-state index contributed by atoms with van der Waals surface area (Å²) < 4.78 is 0. The Kier molecular flexibility index (Phi) is 6.57. The van der Waals surface area contributed by atoms with Crippen molar-refractivity contribution in [3.8, 4) is 0 Å². The van der Waals surface area contributed by atoms with Gasteiger partial charge in [0.05, 0.1) is 6.04 Å². The quantitative estimate of drug-likeness (QED) is 0.793. The number of carbonyl (C=O) groups excluding carboxylic acids is 1. The van der Waals surface area contributed by atoms with Crippen LogP contribution < -0.4 is 11.1 Å². The molecule has 0 radical (unpaired) electrons. The molecule has 3 nitrogen and oxygen atoms in total. The molecule has 0 saturated heterocycles. The normalized spacial score (nSPS) is 15.6. The minimum atomic E-state index is 0.0462. The molecule has 19 heavy (non-hydrogen) atoms. The molecule has 1 rings (SSSR count). The first-order chi connectivity index (χ1) is 9.00. The van der Waals surface area contributed by atoms with E-state index in [9.17, 15) is 4.79 Å². The van der Waals surface area contributed by atoms with Crippen molar-refractivity contribution in [3.63, 3.8) is 0 Å². The molecular formula is C16H26N2O. The van der Waals surface area contributed by atoms with E-state index in [0.29, 0.717) is 0 Å². The predicted molar refractivity (Wildman–Crippen MR) is 79.7 cm³/mol. The van der Waals surface area contributed by atoms with Crippen LogP contribution in [0, 0.1) is 5.92 Å². The lowest BCUT2D eigenvalue weighted by atomic mass is 10.0. The number of hydrogen-bond acceptors (Lipinski definition) is 2. The standard InChI is InChI=1S/C16H26N2O/c1-12(8-7-9-13(2)17)16(19)18-14(3)15-10-5-4-6-11-15/h4-6,10-14H,7-9,17H2,1-3H3,(H,18,19)/t12?,13?,14-/m1/s1. The fraction of sp³-hybridized carbons (Fsp3) is 0.562. The number of nitrogens with two attached hydrogens (primary N) is 1. The highest BCUT2D eigenvalue weighted by molar-refractivity contribution is 5.78. The zero-order chi connectivity index (χ0) is 14.3. The Morgan fingerprint density at radius 1 is 1.16 bits per heavy atom. The van der Waals surface area contributed by atoms with Gasteiger partial charge < -0.3 is 11.1 Å². The fourth-order valence-corrected chi connectivity index (χ4v) is 2.06. The maximum atomic E-state index is 12.1. The Labute approximate surface area is 116 Å². The second kappa shape index (κ2) is 7.95. The van der Waals surface area contributed by atoms with Crippen molar-refractivity contribution in [2.45, 2.75) is 52.1 Å². The summed E-state index contributed by atoms with van der Waals surface area (Å²) in [5, 5.41) is 3.06. The van der Waals surface area contributed by atoms with Gasteiger partial charge in [-0.25, -0.2) is 0 Å². The molecule has 106 valence electrons. The minimum Gasteiger partial charge on any atom is -0.349 e. The molecule has 0 aliphatic heterocycles. The highest BCUT2D eigenvalue weighted by Crippen LogP contribution is 2.14. The Hall–Kier alpha value is -1.35. The van der Waals surface area contributed by atoms with Crippen LogP contribution in [0.3, 0.4) is 0 Å². The number of nitrogens with one attached hydrogen (secondary N) is 1. The van der Waals surface area contributed by atoms with E-state index in [1.165, 1.54) is 0 Å². The summed E-state index contributed by atoms with van der Waals surface area (Å²) in [5.41, 5.74) is 6.85. The highest BCUT2D eigenvalue weighted by atomic mass is 16.1. The number of carbonyl (C=O) groups is 1. The number of hydrogen-bond donors (Lipinski definition) is 2. The van der Waals surface area contributed by atoms with Gasteiger partial charge in [0.25, 0.3) is 0 Å². The van der Waals surface area contributed by atoms with Crippen LogP contribution in [0.2, 0.25) is 0 Å². The number of amides is 1. The van der Waals surface area contributed by atoms with Crippen LogP contribution in [0.15, 0.2) is 30.3 Å². The summed E-state index contributed by atoms with van der Waals surface area (Å²) in [7, 11) is 0. The van der Waals surface area contributed by atoms with Gasteiger partial charge in [-0.3, -0.25) is 4.79 Å². The lowest BCUT2D eigenvalue weighted by Gasteiger charge is -2.18. The maximum absolute atomic E-state index is 12.1. The highest BCUT2D eigenvalue weighted by Gasteiger charge is 2.15. The van der Waals surface area contributed by atoms with E-state index in [4.69, 9.17) is 5.73 Å². The van der Waals surface area contributed by atoms with Gasteiger partial charge in [-0.15, -0.1) is 0 Å². The molecule has 1 amide bonds. The van der Waals surface area contributed by atoms with Crippen molar-refractivity contribution in [2.75, 3.05) is 0 Å². The van der Waals surface area contributed by atoms with Crippen molar-refractivity contribution < 1.29 is 4.79 Å². The summed E-state index contributed by atoms with van der Waals surface area (Å²) >= 11 is 0. The first-order valence-corrected chi connectivity index (χ1v) is 7.11. The van der Waals surface area contributed by atoms with Crippen LogP contribution in [0.25, 0.3) is 0 Å². The van der Waals surface area contributed by atoms with Gasteiger partial charge in [0, 0.05) is 12.0 Å². The monoisotopic (exact) mass is 262 g/mol. The smallest absolute Gasteiger partial charge is 0.223 e. The molecule has 3 N–H and O–H groups in total. The van der Waals surface area contributed by atoms with Gasteiger partial charge in [0.15, 0.2) is 0 Å². The summed E-state index contributed by atoms with van der Waals surface area (Å²) in [4.78, 5) is 12.1. The molecule has 0 aliphatic carbocycles. The number of benzene rings is 1. The second-order valence-corrected chi connectivity index (χ2v) is 5.45. The van der Waals surface area contributed by atoms with Crippen molar-refractivity contribution in [3.05, 3.63) is 35.9 Å². The molecule has 0 bridgehead atoms. The summed E-state index contributed by atoms with van der Waals surface area (Å²) in [6, 6.07) is 10.3. The molecule has 3 heteroatoms. The molecule has 0 aliphatic rings. The zero-order valence-corrected chi connectivity index (χ0v) is 12.2. The summed E-state index contributed by atoms with van der Waals surface area (Å²) in [6.45, 7) is 6.00. The van der Waals surface area contributed by atoms with Gasteiger partial charge >= 0.3 is 0 Å². The third-order valence-corrected chi connectivity index (χ3v) is 3.40. The van der Waals surface area contributed by atoms with Gasteiger partial charge in [-0.1, -0.05) is 43.7 Å². The summed E-state index contributed by atoms with van der Waals surface area (Å²) in [6.07, 6.45) is 2.88. The minimum absolute atomic E-state index is 0.0462. The maximum Gasteiger partial charge on any atom is 0.223 e. The van der Waals surface area contributed by atoms with Gasteiger partial charge in [-0.2, -0.15) is 0 Å². The fourth-order valence-electron chi connectivity index (χ4n) is 2.06. The van der Waals surface area contributed by atoms with E-state index >= 15 is 0 Å². The average molecular weight is 262 g/mol. The van der Waals surface area contributed by atoms with Crippen molar-refractivity contribution in [1.29, 1.82) is 0 Å². The van der Waals surface area contributed by atoms with Gasteiger partial charge in [0.2, 0.25) is 5.91 Å². The Morgan fingerprint density at radius 3 is 2.37 bits per heavy atom. The predicted octanol–water partition coefficient (Wildman–Crippen LogP) is 3.02. The molecule has 1 aromatic carbocycles. The largest absolute Gasteiger partial charge is 0.349 e. The molecule has 0 aromatic heterocycles. The first kappa shape index (κ1) is 15.7. The van der Waals surface area contributed by atoms with E-state index in [1.807, 2.05) is 51.1 Å². The molecule has 0 saturated carbocycles. The Bertz CT molecular complexity index is 376. The van der Waals surface area contributed by atoms with Crippen molar-refractivity contribution in [2.24, 2.45) is 11.7 Å². The third-order valence-electron chi connectivity index (χ3n) is 3.40. The lowest BCUT2D eigenvalue weighted by Crippen LogP contribution is -2.31. The van der Waals surface area contributed by atoms with Crippen LogP contribution in [-0.4, -0.2) is 11.9 Å². The molecule has 0 spiro atoms. The second-order valence-electron chi connectivity index (χ2n) is 5.45. The van der Waals surface area contributed by atoms with Gasteiger partial charge in [-0.05, 0) is 32.3 Å². The van der Waals surface area contributed by atoms with E-state index in [1.54, 1.807) is 0 Å². The number of rotatable bonds is 7. The van der Waals surface area contributed by atoms with Crippen molar-refractivity contribution in [1.82, 2.24) is 5.32 Å². The lowest BCUT2D eigenvalue weighted by molar-refractivity contribution is -0.125. The molecule has 0 heterocycles. The average Bonchev–Trinajstić information content (AvgIpc) is 2.39. The van der Waals surface area contributed by atoms with Crippen LogP contribution in [0.4, 0.5) is 0 Å². The van der Waals surface area contributed by atoms with Crippen LogP contribution in [0.5, 0.6) is 0 Å². The third kappa shape index (κ3) is 5.88. The van der Waals surface area contributed by atoms with E-state index in [0.717, 1.165) is 24.8 Å². The SMILES string of the molecule is CC(N)CCCC(C)C(=O)N[C@H](C)c1ccccc1. The Morgan fingerprint density at radius 2 is 1.79 bits per heavy atom. The zero-order valence-electron chi connectivity index (χ0n) is 12.2. The van der Waals surface area contributed by atoms with Crippen LogP contribution >= 0.6 is 0 Å². The van der Waals surface area contributed by atoms with Crippen LogP contribution in [-0.2, 0) is 4.79 Å². The van der Waals surface area contributed by atoms with E-state index in [-0.39, 0.29) is 23.9 Å². The van der Waals surface area contributed by atoms with Crippen molar-refractivity contribution >= 4 is 5.91 Å². The molecular weight excluding hydrogens is 236 g/mol. The van der Waals surface area contributed by atoms with Gasteiger partial charge in [0.1, 0.15) is 0 Å².